The zero-order chi connectivity index (χ0) is 15.4. The van der Waals surface area contributed by atoms with Crippen molar-refractivity contribution >= 4 is 11.0 Å². The number of nitrogens with one attached hydrogen (secondary N) is 1. The Hall–Kier alpha value is -2.20. The Morgan fingerprint density at radius 2 is 1.87 bits per heavy atom. The Bertz CT molecular complexity index is 855. The number of hydrogen-bond acceptors (Lipinski definition) is 3. The summed E-state index contributed by atoms with van der Waals surface area (Å²) in [6, 6.07) is 12.8. The molecule has 0 spiro atoms. The van der Waals surface area contributed by atoms with Gasteiger partial charge in [-0.1, -0.05) is 29.8 Å². The summed E-state index contributed by atoms with van der Waals surface area (Å²) in [4.78, 5) is 4.80. The predicted octanol–water partition coefficient (Wildman–Crippen LogP) is 2.87. The minimum Gasteiger partial charge on any atom is -0.316 e. The van der Waals surface area contributed by atoms with Crippen LogP contribution in [0.25, 0.3) is 22.3 Å². The molecule has 5 rings (SSSR count). The molecule has 1 aromatic carbocycles. The fourth-order valence-corrected chi connectivity index (χ4v) is 4.02. The van der Waals surface area contributed by atoms with Gasteiger partial charge in [-0.15, -0.1) is 0 Å². The second-order valence-corrected chi connectivity index (χ2v) is 6.94. The van der Waals surface area contributed by atoms with Crippen molar-refractivity contribution in [3.8, 4) is 11.3 Å². The average Bonchev–Trinajstić information content (AvgIpc) is 2.95. The summed E-state index contributed by atoms with van der Waals surface area (Å²) in [5.41, 5.74) is 5.59. The van der Waals surface area contributed by atoms with Crippen molar-refractivity contribution in [2.24, 2.45) is 17.8 Å². The quantitative estimate of drug-likeness (QED) is 0.809. The van der Waals surface area contributed by atoms with E-state index in [2.05, 4.69) is 58.4 Å². The van der Waals surface area contributed by atoms with Gasteiger partial charge in [0.25, 0.3) is 0 Å². The third-order valence-corrected chi connectivity index (χ3v) is 5.50. The first kappa shape index (κ1) is 13.3. The number of nitrogens with zero attached hydrogens (tertiary/aromatic N) is 3. The SMILES string of the molecule is Cc1ccc(-c2ccc3c(cnn3CC3[C@H]4CNC[C@@H]34)n2)cc1. The van der Waals surface area contributed by atoms with Crippen LogP contribution in [0, 0.1) is 24.7 Å². The normalized spacial score (nSPS) is 25.7. The van der Waals surface area contributed by atoms with Gasteiger partial charge in [0.1, 0.15) is 5.52 Å². The molecule has 4 nitrogen and oxygen atoms in total. The van der Waals surface area contributed by atoms with E-state index >= 15 is 0 Å². The molecule has 2 aromatic heterocycles. The fourth-order valence-electron chi connectivity index (χ4n) is 4.02. The lowest BCUT2D eigenvalue weighted by Gasteiger charge is -2.07. The highest BCUT2D eigenvalue weighted by atomic mass is 15.3. The third kappa shape index (κ3) is 2.17. The summed E-state index contributed by atoms with van der Waals surface area (Å²) in [6.07, 6.45) is 1.91. The molecular formula is C19H20N4. The van der Waals surface area contributed by atoms with Gasteiger partial charge < -0.3 is 5.32 Å². The van der Waals surface area contributed by atoms with E-state index in [1.807, 2.05) is 6.20 Å². The van der Waals surface area contributed by atoms with Gasteiger partial charge in [0.05, 0.1) is 17.4 Å². The van der Waals surface area contributed by atoms with E-state index < -0.39 is 0 Å². The van der Waals surface area contributed by atoms with E-state index in [9.17, 15) is 0 Å². The average molecular weight is 304 g/mol. The summed E-state index contributed by atoms with van der Waals surface area (Å²) in [5.74, 6) is 2.54. The molecule has 2 fully saturated rings. The first-order valence-corrected chi connectivity index (χ1v) is 8.40. The minimum atomic E-state index is 0.802. The van der Waals surface area contributed by atoms with E-state index in [4.69, 9.17) is 4.98 Å². The molecule has 1 saturated heterocycles. The third-order valence-electron chi connectivity index (χ3n) is 5.50. The van der Waals surface area contributed by atoms with E-state index in [-0.39, 0.29) is 0 Å². The monoisotopic (exact) mass is 304 g/mol. The van der Waals surface area contributed by atoms with Gasteiger partial charge in [0.2, 0.25) is 0 Å². The molecule has 3 aromatic rings. The summed E-state index contributed by atoms with van der Waals surface area (Å²) in [5, 5.41) is 8.04. The van der Waals surface area contributed by atoms with Gasteiger partial charge in [-0.3, -0.25) is 4.68 Å². The molecule has 23 heavy (non-hydrogen) atoms. The molecule has 3 atom stereocenters. The molecule has 3 heterocycles. The van der Waals surface area contributed by atoms with Crippen molar-refractivity contribution in [1.29, 1.82) is 0 Å². The number of aryl methyl sites for hydroxylation is 1. The molecule has 1 N–H and O–H groups in total. The van der Waals surface area contributed by atoms with Crippen molar-refractivity contribution in [2.75, 3.05) is 13.1 Å². The Labute approximate surface area is 135 Å². The Kier molecular flexibility index (Phi) is 2.82. The zero-order valence-electron chi connectivity index (χ0n) is 13.2. The van der Waals surface area contributed by atoms with Gasteiger partial charge in [0.15, 0.2) is 0 Å². The molecular weight excluding hydrogens is 284 g/mol. The maximum Gasteiger partial charge on any atom is 0.109 e. The molecule has 0 radical (unpaired) electrons. The maximum atomic E-state index is 4.80. The van der Waals surface area contributed by atoms with E-state index in [1.165, 1.54) is 18.7 Å². The Morgan fingerprint density at radius 1 is 1.09 bits per heavy atom. The zero-order valence-corrected chi connectivity index (χ0v) is 13.2. The van der Waals surface area contributed by atoms with Crippen molar-refractivity contribution in [1.82, 2.24) is 20.1 Å². The lowest BCUT2D eigenvalue weighted by atomic mass is 10.1. The largest absolute Gasteiger partial charge is 0.316 e. The molecule has 1 aliphatic carbocycles. The molecule has 0 bridgehead atoms. The molecule has 4 heteroatoms. The van der Waals surface area contributed by atoms with E-state index in [0.717, 1.165) is 46.6 Å². The van der Waals surface area contributed by atoms with Crippen LogP contribution in [0.2, 0.25) is 0 Å². The smallest absolute Gasteiger partial charge is 0.109 e. The van der Waals surface area contributed by atoms with E-state index in [0.29, 0.717) is 0 Å². The molecule has 2 aliphatic rings. The highest BCUT2D eigenvalue weighted by molar-refractivity contribution is 5.78. The van der Waals surface area contributed by atoms with Crippen LogP contribution in [0.5, 0.6) is 0 Å². The lowest BCUT2D eigenvalue weighted by molar-refractivity contribution is 0.494. The van der Waals surface area contributed by atoms with Gasteiger partial charge in [-0.05, 0) is 49.9 Å². The second kappa shape index (κ2) is 4.90. The number of pyridine rings is 1. The summed E-state index contributed by atoms with van der Waals surface area (Å²) < 4.78 is 2.14. The number of rotatable bonds is 3. The van der Waals surface area contributed by atoms with Crippen LogP contribution in [0.4, 0.5) is 0 Å². The standard InChI is InChI=1S/C19H20N4/c1-12-2-4-13(5-3-12)17-6-7-19-18(22-17)10-21-23(19)11-16-14-8-20-9-15(14)16/h2-7,10,14-16,20H,8-9,11H2,1H3/t14-,15+,16?. The van der Waals surface area contributed by atoms with Crippen LogP contribution in [-0.4, -0.2) is 27.9 Å². The first-order chi connectivity index (χ1) is 11.3. The van der Waals surface area contributed by atoms with Gasteiger partial charge in [0, 0.05) is 12.1 Å². The topological polar surface area (TPSA) is 42.7 Å². The van der Waals surface area contributed by atoms with Crippen LogP contribution >= 0.6 is 0 Å². The molecule has 1 unspecified atom stereocenters. The van der Waals surface area contributed by atoms with Crippen LogP contribution < -0.4 is 5.32 Å². The molecule has 1 aliphatic heterocycles. The van der Waals surface area contributed by atoms with Crippen molar-refractivity contribution in [3.05, 3.63) is 48.2 Å². The van der Waals surface area contributed by atoms with Gasteiger partial charge >= 0.3 is 0 Å². The fraction of sp³-hybridized carbons (Fsp3) is 0.368. The summed E-state index contributed by atoms with van der Waals surface area (Å²) >= 11 is 0. The number of fused-ring (bicyclic) bond motifs is 2. The Morgan fingerprint density at radius 3 is 2.65 bits per heavy atom. The van der Waals surface area contributed by atoms with Crippen LogP contribution in [0.3, 0.4) is 0 Å². The predicted molar refractivity (Wildman–Crippen MR) is 91.0 cm³/mol. The summed E-state index contributed by atoms with van der Waals surface area (Å²) in [7, 11) is 0. The van der Waals surface area contributed by atoms with Crippen LogP contribution in [-0.2, 0) is 6.54 Å². The minimum absolute atomic E-state index is 0.802. The van der Waals surface area contributed by atoms with Crippen LogP contribution in [0.15, 0.2) is 42.6 Å². The Balaban J connectivity index is 1.44. The van der Waals surface area contributed by atoms with Gasteiger partial charge in [-0.2, -0.15) is 5.10 Å². The maximum absolute atomic E-state index is 4.80. The lowest BCUT2D eigenvalue weighted by Crippen LogP contribution is -2.17. The first-order valence-electron chi connectivity index (χ1n) is 8.40. The van der Waals surface area contributed by atoms with Gasteiger partial charge in [-0.25, -0.2) is 4.98 Å². The molecule has 116 valence electrons. The summed E-state index contributed by atoms with van der Waals surface area (Å²) in [6.45, 7) is 5.51. The number of piperidine rings is 1. The van der Waals surface area contributed by atoms with E-state index in [1.54, 1.807) is 0 Å². The van der Waals surface area contributed by atoms with Crippen molar-refractivity contribution < 1.29 is 0 Å². The highest BCUT2D eigenvalue weighted by Crippen LogP contribution is 2.49. The molecule has 1 saturated carbocycles. The highest BCUT2D eigenvalue weighted by Gasteiger charge is 2.52. The number of benzene rings is 1. The van der Waals surface area contributed by atoms with Crippen molar-refractivity contribution in [2.45, 2.75) is 13.5 Å². The molecule has 0 amide bonds. The second-order valence-electron chi connectivity index (χ2n) is 6.94. The van der Waals surface area contributed by atoms with Crippen LogP contribution in [0.1, 0.15) is 5.56 Å². The van der Waals surface area contributed by atoms with Crippen molar-refractivity contribution in [3.63, 3.8) is 0 Å². The number of aromatic nitrogens is 3. The number of hydrogen-bond donors (Lipinski definition) is 1.